The van der Waals surface area contributed by atoms with E-state index in [1.54, 1.807) is 0 Å². The van der Waals surface area contributed by atoms with Crippen LogP contribution >= 0.6 is 11.8 Å². The Balaban J connectivity index is 1.90. The van der Waals surface area contributed by atoms with Gasteiger partial charge in [-0.25, -0.2) is 8.42 Å². The molecule has 0 bridgehead atoms. The predicted molar refractivity (Wildman–Crippen MR) is 91.7 cm³/mol. The number of nitrogens with one attached hydrogen (secondary N) is 1. The van der Waals surface area contributed by atoms with Gasteiger partial charge in [0.1, 0.15) is 0 Å². The lowest BCUT2D eigenvalue weighted by Crippen LogP contribution is -2.44. The summed E-state index contributed by atoms with van der Waals surface area (Å²) in [6.07, 6.45) is 1.45. The fourth-order valence-corrected chi connectivity index (χ4v) is 6.04. The Hall–Kier alpha value is -1.01. The van der Waals surface area contributed by atoms with Crippen molar-refractivity contribution in [1.82, 2.24) is 5.32 Å². The maximum absolute atomic E-state index is 12.2. The first-order valence-electron chi connectivity index (χ1n) is 7.53. The van der Waals surface area contributed by atoms with E-state index in [0.29, 0.717) is 12.2 Å². The summed E-state index contributed by atoms with van der Waals surface area (Å²) in [5.74, 6) is 0.725. The fourth-order valence-electron chi connectivity index (χ4n) is 2.60. The second-order valence-electron chi connectivity index (χ2n) is 5.94. The Kier molecular flexibility index (Phi) is 5.55. The first kappa shape index (κ1) is 17.3. The Morgan fingerprint density at radius 1 is 1.36 bits per heavy atom. The number of hydrogen-bond donors (Lipinski definition) is 1. The van der Waals surface area contributed by atoms with Gasteiger partial charge in [0, 0.05) is 5.25 Å². The molecule has 0 aromatic heterocycles. The van der Waals surface area contributed by atoms with Crippen molar-refractivity contribution in [2.75, 3.05) is 17.3 Å². The maximum atomic E-state index is 12.2. The van der Waals surface area contributed by atoms with Crippen LogP contribution in [-0.2, 0) is 20.2 Å². The summed E-state index contributed by atoms with van der Waals surface area (Å²) in [6, 6.07) is 9.92. The van der Waals surface area contributed by atoms with Crippen molar-refractivity contribution in [2.24, 2.45) is 0 Å². The molecule has 1 N–H and O–H groups in total. The quantitative estimate of drug-likeness (QED) is 0.863. The summed E-state index contributed by atoms with van der Waals surface area (Å²) >= 11 is 1.45. The van der Waals surface area contributed by atoms with E-state index in [9.17, 15) is 13.2 Å². The SMILES string of the molecule is CC[C@@](C)(NC(=O)CS[C@@H]1CCS(=O)(=O)C1)c1ccccc1. The van der Waals surface area contributed by atoms with Crippen LogP contribution < -0.4 is 5.32 Å². The first-order chi connectivity index (χ1) is 10.3. The van der Waals surface area contributed by atoms with Gasteiger partial charge >= 0.3 is 0 Å². The molecule has 1 amide bonds. The highest BCUT2D eigenvalue weighted by Gasteiger charge is 2.30. The van der Waals surface area contributed by atoms with Crippen LogP contribution in [-0.4, -0.2) is 36.8 Å². The molecule has 0 radical (unpaired) electrons. The molecule has 1 fully saturated rings. The Labute approximate surface area is 137 Å². The summed E-state index contributed by atoms with van der Waals surface area (Å²) in [5, 5.41) is 3.15. The smallest absolute Gasteiger partial charge is 0.230 e. The third-order valence-corrected chi connectivity index (χ3v) is 7.46. The minimum atomic E-state index is -2.88. The highest BCUT2D eigenvalue weighted by Crippen LogP contribution is 2.26. The molecule has 0 unspecified atom stereocenters. The molecule has 2 rings (SSSR count). The molecule has 22 heavy (non-hydrogen) atoms. The van der Waals surface area contributed by atoms with Crippen LogP contribution in [0.25, 0.3) is 0 Å². The van der Waals surface area contributed by atoms with E-state index in [-0.39, 0.29) is 28.2 Å². The van der Waals surface area contributed by atoms with Crippen LogP contribution in [0.5, 0.6) is 0 Å². The summed E-state index contributed by atoms with van der Waals surface area (Å²) < 4.78 is 22.9. The van der Waals surface area contributed by atoms with E-state index in [1.807, 2.05) is 44.2 Å². The molecular weight excluding hydrogens is 318 g/mol. The highest BCUT2D eigenvalue weighted by atomic mass is 32.2. The number of carbonyl (C=O) groups is 1. The molecule has 0 aliphatic carbocycles. The molecule has 6 heteroatoms. The predicted octanol–water partition coefficient (Wildman–Crippen LogP) is 2.35. The average molecular weight is 341 g/mol. The average Bonchev–Trinajstić information content (AvgIpc) is 2.85. The zero-order valence-electron chi connectivity index (χ0n) is 13.0. The fraction of sp³-hybridized carbons (Fsp3) is 0.562. The molecule has 0 spiro atoms. The topological polar surface area (TPSA) is 63.2 Å². The lowest BCUT2D eigenvalue weighted by atomic mass is 9.89. The van der Waals surface area contributed by atoms with Crippen molar-refractivity contribution in [3.8, 4) is 0 Å². The maximum Gasteiger partial charge on any atom is 0.230 e. The molecule has 1 aromatic rings. The summed E-state index contributed by atoms with van der Waals surface area (Å²) in [7, 11) is -2.88. The van der Waals surface area contributed by atoms with Gasteiger partial charge in [0.05, 0.1) is 22.8 Å². The van der Waals surface area contributed by atoms with Gasteiger partial charge in [-0.1, -0.05) is 37.3 Å². The van der Waals surface area contributed by atoms with Gasteiger partial charge < -0.3 is 5.32 Å². The van der Waals surface area contributed by atoms with Crippen LogP contribution in [0.4, 0.5) is 0 Å². The van der Waals surface area contributed by atoms with E-state index in [0.717, 1.165) is 12.0 Å². The van der Waals surface area contributed by atoms with Crippen molar-refractivity contribution < 1.29 is 13.2 Å². The van der Waals surface area contributed by atoms with Gasteiger partial charge in [-0.2, -0.15) is 0 Å². The van der Waals surface area contributed by atoms with E-state index in [4.69, 9.17) is 0 Å². The first-order valence-corrected chi connectivity index (χ1v) is 10.4. The van der Waals surface area contributed by atoms with Gasteiger partial charge in [0.2, 0.25) is 5.91 Å². The van der Waals surface area contributed by atoms with Crippen molar-refractivity contribution in [3.05, 3.63) is 35.9 Å². The standard InChI is InChI=1S/C16H23NO3S2/c1-3-16(2,13-7-5-4-6-8-13)17-15(18)11-21-14-9-10-22(19,20)12-14/h4-8,14H,3,9-12H2,1-2H3,(H,17,18)/t14-,16-/m1/s1. The van der Waals surface area contributed by atoms with Crippen LogP contribution in [0.1, 0.15) is 32.3 Å². The van der Waals surface area contributed by atoms with E-state index in [1.165, 1.54) is 11.8 Å². The monoisotopic (exact) mass is 341 g/mol. The van der Waals surface area contributed by atoms with Crippen molar-refractivity contribution in [1.29, 1.82) is 0 Å². The molecule has 1 aliphatic rings. The summed E-state index contributed by atoms with van der Waals surface area (Å²) in [6.45, 7) is 4.06. The summed E-state index contributed by atoms with van der Waals surface area (Å²) in [4.78, 5) is 12.2. The van der Waals surface area contributed by atoms with E-state index >= 15 is 0 Å². The number of amides is 1. The second-order valence-corrected chi connectivity index (χ2v) is 9.45. The number of carbonyl (C=O) groups excluding carboxylic acids is 1. The molecule has 4 nitrogen and oxygen atoms in total. The van der Waals surface area contributed by atoms with Gasteiger partial charge in [-0.3, -0.25) is 4.79 Å². The molecule has 1 aromatic carbocycles. The Morgan fingerprint density at radius 2 is 2.05 bits per heavy atom. The molecule has 122 valence electrons. The minimum absolute atomic E-state index is 0.0394. The van der Waals surface area contributed by atoms with Gasteiger partial charge in [0.25, 0.3) is 0 Å². The van der Waals surface area contributed by atoms with Crippen LogP contribution in [0.2, 0.25) is 0 Å². The van der Waals surface area contributed by atoms with E-state index in [2.05, 4.69) is 5.32 Å². The second kappa shape index (κ2) is 7.04. The third kappa shape index (κ3) is 4.49. The van der Waals surface area contributed by atoms with Crippen molar-refractivity contribution in [3.63, 3.8) is 0 Å². The van der Waals surface area contributed by atoms with Gasteiger partial charge in [0.15, 0.2) is 9.84 Å². The molecule has 2 atom stereocenters. The van der Waals surface area contributed by atoms with Crippen LogP contribution in [0, 0.1) is 0 Å². The Morgan fingerprint density at radius 3 is 2.59 bits per heavy atom. The van der Waals surface area contributed by atoms with Crippen LogP contribution in [0.15, 0.2) is 30.3 Å². The van der Waals surface area contributed by atoms with Gasteiger partial charge in [-0.15, -0.1) is 11.8 Å². The number of sulfone groups is 1. The third-order valence-electron chi connectivity index (χ3n) is 4.17. The lowest BCUT2D eigenvalue weighted by molar-refractivity contribution is -0.120. The molecule has 1 aliphatic heterocycles. The number of thioether (sulfide) groups is 1. The zero-order valence-corrected chi connectivity index (χ0v) is 14.7. The Bertz CT molecular complexity index is 616. The van der Waals surface area contributed by atoms with Crippen LogP contribution in [0.3, 0.4) is 0 Å². The minimum Gasteiger partial charge on any atom is -0.346 e. The van der Waals surface area contributed by atoms with Gasteiger partial charge in [-0.05, 0) is 25.3 Å². The van der Waals surface area contributed by atoms with Crippen molar-refractivity contribution >= 4 is 27.5 Å². The number of benzene rings is 1. The lowest BCUT2D eigenvalue weighted by Gasteiger charge is -2.30. The zero-order chi connectivity index (χ0) is 16.2. The number of rotatable bonds is 6. The molecule has 0 saturated carbocycles. The largest absolute Gasteiger partial charge is 0.346 e. The highest BCUT2D eigenvalue weighted by molar-refractivity contribution is 8.02. The summed E-state index contributed by atoms with van der Waals surface area (Å²) in [5.41, 5.74) is 0.694. The molecular formula is C16H23NO3S2. The molecule has 1 saturated heterocycles. The van der Waals surface area contributed by atoms with Crippen molar-refractivity contribution in [2.45, 2.75) is 37.5 Å². The number of hydrogen-bond acceptors (Lipinski definition) is 4. The normalized spacial score (nSPS) is 22.9. The molecule has 1 heterocycles. The van der Waals surface area contributed by atoms with E-state index < -0.39 is 9.84 Å².